The second kappa shape index (κ2) is 3.74. The first-order chi connectivity index (χ1) is 7.16. The lowest BCUT2D eigenvalue weighted by molar-refractivity contribution is -0.137. The number of para-hydroxylation sites is 1. The lowest BCUT2D eigenvalue weighted by Crippen LogP contribution is -2.15. The number of fused-ring (bicyclic) bond motifs is 1. The smallest absolute Gasteiger partial charge is 0.305 e. The van der Waals surface area contributed by atoms with Crippen molar-refractivity contribution in [3.63, 3.8) is 0 Å². The third-order valence-electron chi connectivity index (χ3n) is 2.34. The minimum Gasteiger partial charge on any atom is -0.481 e. The van der Waals surface area contributed by atoms with Crippen molar-refractivity contribution in [2.24, 2.45) is 5.73 Å². The fraction of sp³-hybridized carbons (Fsp3) is 0.182. The van der Waals surface area contributed by atoms with E-state index in [2.05, 4.69) is 4.98 Å². The Hall–Kier alpha value is -1.81. The molecule has 0 radical (unpaired) electrons. The Morgan fingerprint density at radius 3 is 2.87 bits per heavy atom. The molecule has 0 saturated heterocycles. The number of aromatic nitrogens is 1. The molecule has 1 atom stereocenters. The number of aliphatic carboxylic acids is 1. The molecule has 0 amide bonds. The van der Waals surface area contributed by atoms with E-state index < -0.39 is 12.0 Å². The van der Waals surface area contributed by atoms with Crippen LogP contribution in [0.25, 0.3) is 10.9 Å². The Balaban J connectivity index is 2.32. The van der Waals surface area contributed by atoms with Crippen LogP contribution in [0.1, 0.15) is 18.2 Å². The molecule has 0 aliphatic heterocycles. The Morgan fingerprint density at radius 1 is 1.47 bits per heavy atom. The fourth-order valence-corrected chi connectivity index (χ4v) is 1.59. The first-order valence-corrected chi connectivity index (χ1v) is 4.72. The molecule has 15 heavy (non-hydrogen) atoms. The molecule has 2 rings (SSSR count). The summed E-state index contributed by atoms with van der Waals surface area (Å²) < 4.78 is 0. The van der Waals surface area contributed by atoms with E-state index in [-0.39, 0.29) is 6.42 Å². The van der Waals surface area contributed by atoms with Crippen LogP contribution in [0, 0.1) is 0 Å². The van der Waals surface area contributed by atoms with E-state index in [0.29, 0.717) is 0 Å². The minimum atomic E-state index is -0.888. The standard InChI is InChI=1S/C11H12N2O2/c12-8(6-11(14)15)10-5-7-3-1-2-4-9(7)13-10/h1-5,8,13H,6,12H2,(H,14,15). The van der Waals surface area contributed by atoms with Crippen LogP contribution < -0.4 is 5.73 Å². The highest BCUT2D eigenvalue weighted by Crippen LogP contribution is 2.20. The molecular formula is C11H12N2O2. The van der Waals surface area contributed by atoms with Crippen molar-refractivity contribution >= 4 is 16.9 Å². The van der Waals surface area contributed by atoms with Gasteiger partial charge < -0.3 is 15.8 Å². The molecule has 78 valence electrons. The van der Waals surface area contributed by atoms with E-state index in [1.54, 1.807) is 0 Å². The van der Waals surface area contributed by atoms with Gasteiger partial charge in [0.05, 0.1) is 12.5 Å². The van der Waals surface area contributed by atoms with Gasteiger partial charge in [0.15, 0.2) is 0 Å². The van der Waals surface area contributed by atoms with Crippen LogP contribution in [-0.2, 0) is 4.79 Å². The summed E-state index contributed by atoms with van der Waals surface area (Å²) in [5.41, 5.74) is 7.49. The van der Waals surface area contributed by atoms with Crippen LogP contribution in [-0.4, -0.2) is 16.1 Å². The summed E-state index contributed by atoms with van der Waals surface area (Å²) in [7, 11) is 0. The predicted octanol–water partition coefficient (Wildman–Crippen LogP) is 1.64. The zero-order chi connectivity index (χ0) is 10.8. The number of aromatic amines is 1. The number of nitrogens with one attached hydrogen (secondary N) is 1. The number of rotatable bonds is 3. The van der Waals surface area contributed by atoms with Crippen molar-refractivity contribution in [2.75, 3.05) is 0 Å². The zero-order valence-electron chi connectivity index (χ0n) is 8.10. The molecule has 0 aliphatic rings. The Morgan fingerprint density at radius 2 is 2.20 bits per heavy atom. The van der Waals surface area contributed by atoms with Crippen LogP contribution in [0.3, 0.4) is 0 Å². The van der Waals surface area contributed by atoms with Gasteiger partial charge in [-0.05, 0) is 17.5 Å². The average molecular weight is 204 g/mol. The number of H-pyrrole nitrogens is 1. The molecule has 1 heterocycles. The largest absolute Gasteiger partial charge is 0.481 e. The van der Waals surface area contributed by atoms with Crippen LogP contribution >= 0.6 is 0 Å². The molecule has 0 saturated carbocycles. The Labute approximate surface area is 86.7 Å². The topological polar surface area (TPSA) is 79.1 Å². The van der Waals surface area contributed by atoms with Gasteiger partial charge in [-0.2, -0.15) is 0 Å². The normalized spacial score (nSPS) is 12.9. The van der Waals surface area contributed by atoms with Gasteiger partial charge in [-0.15, -0.1) is 0 Å². The maximum atomic E-state index is 10.5. The van der Waals surface area contributed by atoms with Gasteiger partial charge in [0.25, 0.3) is 0 Å². The lowest BCUT2D eigenvalue weighted by atomic mass is 10.1. The molecule has 1 unspecified atom stereocenters. The summed E-state index contributed by atoms with van der Waals surface area (Å²) in [6.07, 6.45) is -0.0627. The first-order valence-electron chi connectivity index (χ1n) is 4.72. The van der Waals surface area contributed by atoms with Gasteiger partial charge in [-0.3, -0.25) is 4.79 Å². The Kier molecular flexibility index (Phi) is 2.43. The molecule has 2 aromatic rings. The third kappa shape index (κ3) is 1.99. The van der Waals surface area contributed by atoms with Gasteiger partial charge in [0.1, 0.15) is 0 Å². The summed E-state index contributed by atoms with van der Waals surface area (Å²) in [5, 5.41) is 9.68. The van der Waals surface area contributed by atoms with Crippen LogP contribution in [0.4, 0.5) is 0 Å². The summed E-state index contributed by atoms with van der Waals surface area (Å²) in [6, 6.07) is 9.17. The number of carboxylic acid groups (broad SMARTS) is 1. The van der Waals surface area contributed by atoms with Gasteiger partial charge in [0, 0.05) is 11.2 Å². The van der Waals surface area contributed by atoms with Crippen molar-refractivity contribution in [3.05, 3.63) is 36.0 Å². The first kappa shape index (κ1) is 9.73. The molecule has 0 spiro atoms. The average Bonchev–Trinajstić information content (AvgIpc) is 2.59. The molecule has 4 heteroatoms. The SMILES string of the molecule is NC(CC(=O)O)c1cc2ccccc2[nH]1. The molecule has 0 aliphatic carbocycles. The van der Waals surface area contributed by atoms with Crippen molar-refractivity contribution in [2.45, 2.75) is 12.5 Å². The predicted molar refractivity (Wildman–Crippen MR) is 57.5 cm³/mol. The minimum absolute atomic E-state index is 0.0627. The van der Waals surface area contributed by atoms with E-state index in [0.717, 1.165) is 16.6 Å². The maximum absolute atomic E-state index is 10.5. The summed E-state index contributed by atoms with van der Waals surface area (Å²) in [4.78, 5) is 13.6. The molecule has 0 fully saturated rings. The fourth-order valence-electron chi connectivity index (χ4n) is 1.59. The summed E-state index contributed by atoms with van der Waals surface area (Å²) in [5.74, 6) is -0.888. The van der Waals surface area contributed by atoms with Crippen molar-refractivity contribution in [1.82, 2.24) is 4.98 Å². The maximum Gasteiger partial charge on any atom is 0.305 e. The highest BCUT2D eigenvalue weighted by molar-refractivity contribution is 5.80. The molecule has 1 aromatic heterocycles. The number of hydrogen-bond acceptors (Lipinski definition) is 2. The quantitative estimate of drug-likeness (QED) is 0.711. The van der Waals surface area contributed by atoms with Gasteiger partial charge >= 0.3 is 5.97 Å². The molecule has 0 bridgehead atoms. The van der Waals surface area contributed by atoms with Crippen molar-refractivity contribution in [3.8, 4) is 0 Å². The number of hydrogen-bond donors (Lipinski definition) is 3. The third-order valence-corrected chi connectivity index (χ3v) is 2.34. The van der Waals surface area contributed by atoms with E-state index in [4.69, 9.17) is 10.8 Å². The van der Waals surface area contributed by atoms with E-state index in [9.17, 15) is 4.79 Å². The number of carbonyl (C=O) groups is 1. The van der Waals surface area contributed by atoms with Gasteiger partial charge in [-0.1, -0.05) is 18.2 Å². The van der Waals surface area contributed by atoms with Gasteiger partial charge in [-0.25, -0.2) is 0 Å². The van der Waals surface area contributed by atoms with Gasteiger partial charge in [0.2, 0.25) is 0 Å². The highest BCUT2D eigenvalue weighted by atomic mass is 16.4. The monoisotopic (exact) mass is 204 g/mol. The Bertz CT molecular complexity index is 457. The van der Waals surface area contributed by atoms with Crippen LogP contribution in [0.2, 0.25) is 0 Å². The van der Waals surface area contributed by atoms with Crippen molar-refractivity contribution in [1.29, 1.82) is 0 Å². The van der Waals surface area contributed by atoms with Crippen LogP contribution in [0.15, 0.2) is 30.3 Å². The van der Waals surface area contributed by atoms with Crippen molar-refractivity contribution < 1.29 is 9.90 Å². The number of nitrogens with two attached hydrogens (primary N) is 1. The van der Waals surface area contributed by atoms with E-state index in [1.165, 1.54) is 0 Å². The highest BCUT2D eigenvalue weighted by Gasteiger charge is 2.12. The molecule has 4 nitrogen and oxygen atoms in total. The number of carboxylic acids is 1. The molecule has 1 aromatic carbocycles. The van der Waals surface area contributed by atoms with E-state index in [1.807, 2.05) is 30.3 Å². The molecule has 4 N–H and O–H groups in total. The number of benzene rings is 1. The van der Waals surface area contributed by atoms with E-state index >= 15 is 0 Å². The second-order valence-corrected chi connectivity index (χ2v) is 3.52. The lowest BCUT2D eigenvalue weighted by Gasteiger charge is -2.05. The van der Waals surface area contributed by atoms with Crippen LogP contribution in [0.5, 0.6) is 0 Å². The molecular weight excluding hydrogens is 192 g/mol. The zero-order valence-corrected chi connectivity index (χ0v) is 8.10. The second-order valence-electron chi connectivity index (χ2n) is 3.52. The summed E-state index contributed by atoms with van der Waals surface area (Å²) >= 11 is 0. The summed E-state index contributed by atoms with van der Waals surface area (Å²) in [6.45, 7) is 0.